The Hall–Kier alpha value is -6.64. The zero-order valence-electron chi connectivity index (χ0n) is 37.4. The lowest BCUT2D eigenvalue weighted by Crippen LogP contribution is -2.11. The number of nitrogens with zero attached hydrogens (tertiary/aromatic N) is 1. The third-order valence-electron chi connectivity index (χ3n) is 9.23. The van der Waals surface area contributed by atoms with Gasteiger partial charge in [-0.15, -0.1) is 0 Å². The van der Waals surface area contributed by atoms with Crippen molar-refractivity contribution in [2.24, 2.45) is 0 Å². The van der Waals surface area contributed by atoms with Crippen molar-refractivity contribution in [1.82, 2.24) is 0 Å². The zero-order valence-corrected chi connectivity index (χ0v) is 26.4. The van der Waals surface area contributed by atoms with Gasteiger partial charge in [-0.3, -0.25) is 0 Å². The Bertz CT molecular complexity index is 3480. The summed E-state index contributed by atoms with van der Waals surface area (Å²) in [6, 6.07) is 31.2. The summed E-state index contributed by atoms with van der Waals surface area (Å²) >= 11 is 0. The second-order valence-corrected chi connectivity index (χ2v) is 12.0. The first-order valence-electron chi connectivity index (χ1n) is 21.7. The van der Waals surface area contributed by atoms with Crippen LogP contribution >= 0.6 is 0 Å². The minimum atomic E-state index is -0.646. The molecule has 0 unspecified atom stereocenters. The molecule has 0 N–H and O–H groups in total. The van der Waals surface area contributed by atoms with Gasteiger partial charge in [0.2, 0.25) is 0 Å². The van der Waals surface area contributed by atoms with Crippen molar-refractivity contribution in [1.29, 1.82) is 0 Å². The quantitative estimate of drug-likeness (QED) is 0.185. The Morgan fingerprint density at radius 3 is 2.00 bits per heavy atom. The molecule has 0 atom stereocenters. The van der Waals surface area contributed by atoms with Crippen LogP contribution in [0.3, 0.4) is 0 Å². The van der Waals surface area contributed by atoms with E-state index in [9.17, 15) is 8.22 Å². The molecule has 2 nitrogen and oxygen atoms in total. The van der Waals surface area contributed by atoms with Gasteiger partial charge in [0, 0.05) is 32.8 Å². The molecular weight excluding hydrogens is 607 g/mol. The third-order valence-corrected chi connectivity index (χ3v) is 9.23. The molecule has 0 bridgehead atoms. The zero-order chi connectivity index (χ0) is 42.6. The molecule has 234 valence electrons. The molecule has 0 saturated heterocycles. The molecule has 0 saturated carbocycles. The van der Waals surface area contributed by atoms with Gasteiger partial charge in [-0.2, -0.15) is 0 Å². The molecule has 0 spiro atoms. The van der Waals surface area contributed by atoms with Crippen LogP contribution in [0.1, 0.15) is 15.1 Å². The minimum absolute atomic E-state index is 0.0474. The molecule has 1 heterocycles. The van der Waals surface area contributed by atoms with E-state index in [1.54, 1.807) is 36.4 Å². The number of fused-ring (bicyclic) bond motifs is 7. The minimum Gasteiger partial charge on any atom is -0.455 e. The number of para-hydroxylation sites is 1. The molecule has 0 aliphatic rings. The number of anilines is 3. The van der Waals surface area contributed by atoms with Gasteiger partial charge in [0.15, 0.2) is 0 Å². The van der Waals surface area contributed by atoms with E-state index in [1.807, 2.05) is 84.9 Å². The van der Waals surface area contributed by atoms with Crippen LogP contribution < -0.4 is 4.90 Å². The van der Waals surface area contributed by atoms with E-state index in [-0.39, 0.29) is 45.5 Å². The van der Waals surface area contributed by atoms with Gasteiger partial charge >= 0.3 is 0 Å². The van der Waals surface area contributed by atoms with Crippen LogP contribution in [0.2, 0.25) is 0 Å². The molecule has 1 aromatic heterocycles. The molecule has 0 aliphatic carbocycles. The second kappa shape index (κ2) is 11.5. The van der Waals surface area contributed by atoms with Gasteiger partial charge in [0.1, 0.15) is 11.2 Å². The maximum atomic E-state index is 9.73. The fraction of sp³-hybridized carbons (Fsp3) is 0. The van der Waals surface area contributed by atoms with Gasteiger partial charge < -0.3 is 9.32 Å². The van der Waals surface area contributed by atoms with Gasteiger partial charge in [-0.05, 0) is 74.6 Å². The fourth-order valence-corrected chi connectivity index (χ4v) is 6.99. The Morgan fingerprint density at radius 2 is 1.10 bits per heavy atom. The maximum absolute atomic E-state index is 9.73. The molecule has 2 heteroatoms. The number of rotatable bonds is 5. The smallest absolute Gasteiger partial charge is 0.143 e. The summed E-state index contributed by atoms with van der Waals surface area (Å²) < 4.78 is 108. The molecule has 10 rings (SSSR count). The fourth-order valence-electron chi connectivity index (χ4n) is 6.99. The second-order valence-electron chi connectivity index (χ2n) is 12.0. The lowest BCUT2D eigenvalue weighted by molar-refractivity contribution is 0.673. The van der Waals surface area contributed by atoms with Gasteiger partial charge in [0.05, 0.1) is 26.5 Å². The number of furan rings is 1. The molecule has 0 aliphatic heterocycles. The summed E-state index contributed by atoms with van der Waals surface area (Å²) in [6.45, 7) is 0. The highest BCUT2D eigenvalue weighted by atomic mass is 16.3. The first-order chi connectivity index (χ1) is 29.4. The van der Waals surface area contributed by atoms with Crippen LogP contribution in [-0.2, 0) is 0 Å². The van der Waals surface area contributed by atoms with Gasteiger partial charge in [-0.1, -0.05) is 151 Å². The van der Waals surface area contributed by atoms with E-state index in [1.165, 1.54) is 4.90 Å². The van der Waals surface area contributed by atoms with Crippen LogP contribution in [0.5, 0.6) is 0 Å². The van der Waals surface area contributed by atoms with E-state index in [4.69, 9.17) is 11.3 Å². The number of benzene rings is 9. The highest BCUT2D eigenvalue weighted by Gasteiger charge is 2.22. The van der Waals surface area contributed by atoms with Crippen LogP contribution in [0, 0.1) is 0 Å². The lowest BCUT2D eigenvalue weighted by Gasteiger charge is -2.29. The van der Waals surface area contributed by atoms with E-state index in [0.29, 0.717) is 33.2 Å². The lowest BCUT2D eigenvalue weighted by atomic mass is 9.95. The topological polar surface area (TPSA) is 16.4 Å². The molecule has 50 heavy (non-hydrogen) atoms. The summed E-state index contributed by atoms with van der Waals surface area (Å²) in [4.78, 5) is 1.31. The van der Waals surface area contributed by atoms with Crippen LogP contribution in [0.25, 0.3) is 76.5 Å². The molecular formula is C48H31NO. The third kappa shape index (κ3) is 4.50. The van der Waals surface area contributed by atoms with Crippen molar-refractivity contribution >= 4 is 71.3 Å². The van der Waals surface area contributed by atoms with Crippen LogP contribution in [0.4, 0.5) is 17.1 Å². The monoisotopic (exact) mass is 648 g/mol. The summed E-state index contributed by atoms with van der Waals surface area (Å²) in [6.07, 6.45) is 0. The molecule has 0 fully saturated rings. The maximum Gasteiger partial charge on any atom is 0.143 e. The Kier molecular flexibility index (Phi) is 4.46. The first kappa shape index (κ1) is 19.4. The predicted octanol–water partition coefficient (Wildman–Crippen LogP) is 13.8. The van der Waals surface area contributed by atoms with E-state index in [0.717, 1.165) is 26.9 Å². The van der Waals surface area contributed by atoms with Gasteiger partial charge in [-0.25, -0.2) is 0 Å². The first-order valence-corrected chi connectivity index (χ1v) is 16.2. The average molecular weight is 649 g/mol. The number of hydrogen-bond donors (Lipinski definition) is 0. The predicted molar refractivity (Wildman–Crippen MR) is 212 cm³/mol. The summed E-state index contributed by atoms with van der Waals surface area (Å²) in [5.41, 5.74) is 2.51. The van der Waals surface area contributed by atoms with Crippen molar-refractivity contribution in [2.75, 3.05) is 4.90 Å². The van der Waals surface area contributed by atoms with Crippen molar-refractivity contribution in [3.8, 4) is 22.3 Å². The average Bonchev–Trinajstić information content (AvgIpc) is 3.68. The van der Waals surface area contributed by atoms with Crippen molar-refractivity contribution in [3.05, 3.63) is 188 Å². The Balaban J connectivity index is 1.36. The normalized spacial score (nSPS) is 14.7. The molecule has 9 aromatic carbocycles. The van der Waals surface area contributed by atoms with Crippen molar-refractivity contribution < 1.29 is 19.5 Å². The Morgan fingerprint density at radius 1 is 0.420 bits per heavy atom. The summed E-state index contributed by atoms with van der Waals surface area (Å²) in [7, 11) is 0. The largest absolute Gasteiger partial charge is 0.455 e. The highest BCUT2D eigenvalue weighted by molar-refractivity contribution is 6.20. The van der Waals surface area contributed by atoms with E-state index < -0.39 is 54.4 Å². The standard InChI is InChI=1S/C48H31NO/c1-4-17-37-32(12-1)15-9-21-38(37)35-26-29-36(30-27-35)49(44-24-10-16-33-13-2-5-18-39(33)44)45-23-8-7-20-41(45)42-22-11-25-46-47(42)43-31-28-34-14-3-6-19-40(34)48(43)50-46/h1-31H/i2D,5D,10D,13D,16D,18D,24D,26D,27D,29D,30D. The van der Waals surface area contributed by atoms with Crippen molar-refractivity contribution in [2.45, 2.75) is 0 Å². The van der Waals surface area contributed by atoms with Crippen molar-refractivity contribution in [3.63, 3.8) is 0 Å². The molecule has 0 radical (unpaired) electrons. The number of hydrogen-bond acceptors (Lipinski definition) is 2. The summed E-state index contributed by atoms with van der Waals surface area (Å²) in [5.74, 6) is 0. The molecule has 10 aromatic rings. The van der Waals surface area contributed by atoms with E-state index in [2.05, 4.69) is 0 Å². The Labute approximate surface area is 305 Å². The molecule has 0 amide bonds. The highest BCUT2D eigenvalue weighted by Crippen LogP contribution is 2.47. The van der Waals surface area contributed by atoms with Crippen LogP contribution in [-0.4, -0.2) is 0 Å². The SMILES string of the molecule is [2H]c1c([2H])c(N(c2ccccc2-c2cccc3oc4c5ccccc5ccc4c23)c2c([2H])c([2H])c([2H])c3c([2H])c([2H])c([2H])c([2H])c23)c([2H])c([2H])c1-c1cccc2ccccc12. The van der Waals surface area contributed by atoms with E-state index >= 15 is 0 Å². The van der Waals surface area contributed by atoms with Crippen LogP contribution in [0.15, 0.2) is 192 Å². The van der Waals surface area contributed by atoms with Gasteiger partial charge in [0.25, 0.3) is 0 Å². The summed E-state index contributed by atoms with van der Waals surface area (Å²) in [5, 5.41) is 4.40.